The van der Waals surface area contributed by atoms with Crippen molar-refractivity contribution in [3.8, 4) is 0 Å². The molecular weight excluding hydrogens is 116 g/mol. The summed E-state index contributed by atoms with van der Waals surface area (Å²) in [5, 5.41) is 6.83. The van der Waals surface area contributed by atoms with E-state index < -0.39 is 0 Å². The maximum absolute atomic E-state index is 6.83. The van der Waals surface area contributed by atoms with Crippen molar-refractivity contribution >= 4 is 6.21 Å². The van der Waals surface area contributed by atoms with Gasteiger partial charge in [0.05, 0.1) is 13.2 Å². The predicted octanol–water partition coefficient (Wildman–Crippen LogP) is -0.0318. The number of rotatable bonds is 2. The minimum absolute atomic E-state index is 0.781. The first kappa shape index (κ1) is 6.71. The van der Waals surface area contributed by atoms with E-state index in [2.05, 4.69) is 4.90 Å². The SMILES string of the molecule is N=CCN1CCOCC1. The van der Waals surface area contributed by atoms with Gasteiger partial charge in [-0.05, 0) is 0 Å². The molecule has 1 saturated heterocycles. The molecule has 3 nitrogen and oxygen atoms in total. The highest BCUT2D eigenvalue weighted by Gasteiger charge is 2.06. The van der Waals surface area contributed by atoms with Crippen molar-refractivity contribution in [2.75, 3.05) is 32.8 Å². The molecule has 0 bridgehead atoms. The van der Waals surface area contributed by atoms with E-state index in [1.807, 2.05) is 0 Å². The minimum Gasteiger partial charge on any atom is -0.379 e. The van der Waals surface area contributed by atoms with E-state index in [9.17, 15) is 0 Å². The Balaban J connectivity index is 2.15. The molecule has 0 aromatic rings. The zero-order chi connectivity index (χ0) is 6.53. The Morgan fingerprint density at radius 1 is 1.44 bits per heavy atom. The van der Waals surface area contributed by atoms with Crippen molar-refractivity contribution in [1.82, 2.24) is 4.90 Å². The highest BCUT2D eigenvalue weighted by atomic mass is 16.5. The van der Waals surface area contributed by atoms with Crippen LogP contribution in [0, 0.1) is 5.41 Å². The molecule has 0 unspecified atom stereocenters. The molecule has 0 spiro atoms. The highest BCUT2D eigenvalue weighted by Crippen LogP contribution is 1.93. The molecule has 0 aromatic heterocycles. The lowest BCUT2D eigenvalue weighted by molar-refractivity contribution is 0.0457. The average Bonchev–Trinajstić information content (AvgIpc) is 1.91. The summed E-state index contributed by atoms with van der Waals surface area (Å²) in [4.78, 5) is 2.20. The van der Waals surface area contributed by atoms with Crippen molar-refractivity contribution in [1.29, 1.82) is 5.41 Å². The van der Waals surface area contributed by atoms with Crippen molar-refractivity contribution in [2.24, 2.45) is 0 Å². The molecule has 0 aromatic carbocycles. The van der Waals surface area contributed by atoms with Crippen LogP contribution in [0.1, 0.15) is 0 Å². The van der Waals surface area contributed by atoms with E-state index in [0.717, 1.165) is 32.8 Å². The van der Waals surface area contributed by atoms with Crippen LogP contribution in [0.5, 0.6) is 0 Å². The predicted molar refractivity (Wildman–Crippen MR) is 36.0 cm³/mol. The largest absolute Gasteiger partial charge is 0.379 e. The van der Waals surface area contributed by atoms with Crippen LogP contribution in [0.3, 0.4) is 0 Å². The lowest BCUT2D eigenvalue weighted by Crippen LogP contribution is -2.37. The maximum atomic E-state index is 6.83. The van der Waals surface area contributed by atoms with Gasteiger partial charge in [-0.2, -0.15) is 0 Å². The monoisotopic (exact) mass is 128 g/mol. The van der Waals surface area contributed by atoms with Gasteiger partial charge in [-0.15, -0.1) is 0 Å². The van der Waals surface area contributed by atoms with Gasteiger partial charge in [0.2, 0.25) is 0 Å². The van der Waals surface area contributed by atoms with Crippen LogP contribution in [0.4, 0.5) is 0 Å². The number of morpholine rings is 1. The van der Waals surface area contributed by atoms with Crippen LogP contribution >= 0.6 is 0 Å². The first-order chi connectivity index (χ1) is 4.43. The molecule has 1 aliphatic heterocycles. The molecule has 0 atom stereocenters. The van der Waals surface area contributed by atoms with Crippen LogP contribution < -0.4 is 0 Å². The van der Waals surface area contributed by atoms with Gasteiger partial charge in [0.25, 0.3) is 0 Å². The summed E-state index contributed by atoms with van der Waals surface area (Å²) in [6, 6.07) is 0. The van der Waals surface area contributed by atoms with E-state index in [1.165, 1.54) is 6.21 Å². The van der Waals surface area contributed by atoms with E-state index in [0.29, 0.717) is 0 Å². The zero-order valence-corrected chi connectivity index (χ0v) is 5.47. The van der Waals surface area contributed by atoms with Gasteiger partial charge >= 0.3 is 0 Å². The fourth-order valence-electron chi connectivity index (χ4n) is 0.913. The Bertz CT molecular complexity index is 89.1. The molecule has 52 valence electrons. The van der Waals surface area contributed by atoms with Crippen LogP contribution in [0.2, 0.25) is 0 Å². The smallest absolute Gasteiger partial charge is 0.0594 e. The Labute approximate surface area is 55.1 Å². The van der Waals surface area contributed by atoms with Gasteiger partial charge < -0.3 is 10.1 Å². The van der Waals surface area contributed by atoms with E-state index in [4.69, 9.17) is 10.1 Å². The highest BCUT2D eigenvalue weighted by molar-refractivity contribution is 5.55. The molecular formula is C6H12N2O. The second kappa shape index (κ2) is 3.58. The normalized spacial score (nSPS) is 21.8. The molecule has 1 rings (SSSR count). The second-order valence-electron chi connectivity index (χ2n) is 2.12. The van der Waals surface area contributed by atoms with Crippen molar-refractivity contribution in [3.05, 3.63) is 0 Å². The molecule has 0 radical (unpaired) electrons. The van der Waals surface area contributed by atoms with Crippen molar-refractivity contribution in [3.63, 3.8) is 0 Å². The van der Waals surface area contributed by atoms with Gasteiger partial charge in [0, 0.05) is 25.8 Å². The zero-order valence-electron chi connectivity index (χ0n) is 5.47. The molecule has 1 heterocycles. The Morgan fingerprint density at radius 3 is 2.67 bits per heavy atom. The summed E-state index contributed by atoms with van der Waals surface area (Å²) >= 11 is 0. The number of nitrogens with one attached hydrogen (secondary N) is 1. The molecule has 0 aliphatic carbocycles. The Kier molecular flexibility index (Phi) is 2.67. The summed E-state index contributed by atoms with van der Waals surface area (Å²) in [6.45, 7) is 4.40. The molecule has 0 amide bonds. The van der Waals surface area contributed by atoms with E-state index >= 15 is 0 Å². The summed E-state index contributed by atoms with van der Waals surface area (Å²) in [5.74, 6) is 0. The number of ether oxygens (including phenoxy) is 1. The van der Waals surface area contributed by atoms with Crippen LogP contribution in [0.15, 0.2) is 0 Å². The summed E-state index contributed by atoms with van der Waals surface area (Å²) in [7, 11) is 0. The third-order valence-corrected chi connectivity index (χ3v) is 1.45. The lowest BCUT2D eigenvalue weighted by atomic mass is 10.4. The quantitative estimate of drug-likeness (QED) is 0.530. The average molecular weight is 128 g/mol. The van der Waals surface area contributed by atoms with Crippen LogP contribution in [-0.2, 0) is 4.74 Å². The van der Waals surface area contributed by atoms with E-state index in [-0.39, 0.29) is 0 Å². The second-order valence-corrected chi connectivity index (χ2v) is 2.12. The fourth-order valence-corrected chi connectivity index (χ4v) is 0.913. The standard InChI is InChI=1S/C6H12N2O/c7-1-2-8-3-5-9-6-4-8/h1,7H,2-6H2. The lowest BCUT2D eigenvalue weighted by Gasteiger charge is -2.24. The number of nitrogens with zero attached hydrogens (tertiary/aromatic N) is 1. The van der Waals surface area contributed by atoms with Gasteiger partial charge in [0.1, 0.15) is 0 Å². The Morgan fingerprint density at radius 2 is 2.11 bits per heavy atom. The summed E-state index contributed by atoms with van der Waals surface area (Å²) in [5.41, 5.74) is 0. The van der Waals surface area contributed by atoms with Gasteiger partial charge in [0.15, 0.2) is 0 Å². The first-order valence-corrected chi connectivity index (χ1v) is 3.22. The van der Waals surface area contributed by atoms with Crippen LogP contribution in [-0.4, -0.2) is 44.0 Å². The van der Waals surface area contributed by atoms with Crippen molar-refractivity contribution < 1.29 is 4.74 Å². The molecule has 1 fully saturated rings. The topological polar surface area (TPSA) is 36.3 Å². The third-order valence-electron chi connectivity index (χ3n) is 1.45. The Hall–Kier alpha value is -0.410. The van der Waals surface area contributed by atoms with Crippen molar-refractivity contribution in [2.45, 2.75) is 0 Å². The summed E-state index contributed by atoms with van der Waals surface area (Å²) in [6.07, 6.45) is 1.44. The molecule has 0 saturated carbocycles. The molecule has 3 heteroatoms. The van der Waals surface area contributed by atoms with Crippen LogP contribution in [0.25, 0.3) is 0 Å². The third kappa shape index (κ3) is 2.11. The minimum atomic E-state index is 0.781. The van der Waals surface area contributed by atoms with E-state index in [1.54, 1.807) is 0 Å². The summed E-state index contributed by atoms with van der Waals surface area (Å²) < 4.78 is 5.13. The van der Waals surface area contributed by atoms with Gasteiger partial charge in [-0.1, -0.05) is 0 Å². The first-order valence-electron chi connectivity index (χ1n) is 3.22. The van der Waals surface area contributed by atoms with Gasteiger partial charge in [-0.3, -0.25) is 4.90 Å². The molecule has 9 heavy (non-hydrogen) atoms. The molecule has 1 aliphatic rings. The van der Waals surface area contributed by atoms with Gasteiger partial charge in [-0.25, -0.2) is 0 Å². The number of hydrogen-bond acceptors (Lipinski definition) is 3. The number of hydrogen-bond donors (Lipinski definition) is 1. The fraction of sp³-hybridized carbons (Fsp3) is 0.833. The molecule has 1 N–H and O–H groups in total. The maximum Gasteiger partial charge on any atom is 0.0594 e.